The molecule has 0 heterocycles. The van der Waals surface area contributed by atoms with Crippen LogP contribution < -0.4 is 25.4 Å². The van der Waals surface area contributed by atoms with Crippen LogP contribution in [0.5, 0.6) is 11.5 Å². The minimum Gasteiger partial charge on any atom is -0.490 e. The van der Waals surface area contributed by atoms with Gasteiger partial charge in [-0.15, -0.1) is 24.0 Å². The largest absolute Gasteiger partial charge is 0.490 e. The van der Waals surface area contributed by atoms with Crippen molar-refractivity contribution < 1.29 is 14.3 Å². The summed E-state index contributed by atoms with van der Waals surface area (Å²) < 4.78 is 11.3. The maximum atomic E-state index is 12.2. The van der Waals surface area contributed by atoms with Crippen LogP contribution in [0.15, 0.2) is 47.5 Å². The summed E-state index contributed by atoms with van der Waals surface area (Å²) in [5.74, 6) is 1.88. The third-order valence-corrected chi connectivity index (χ3v) is 4.80. The number of carbonyl (C=O) groups excluding carboxylic acids is 1. The zero-order valence-corrected chi connectivity index (χ0v) is 22.0. The van der Waals surface area contributed by atoms with E-state index in [4.69, 9.17) is 21.1 Å². The first-order valence-corrected chi connectivity index (χ1v) is 10.8. The molecule has 0 aliphatic heterocycles. The highest BCUT2D eigenvalue weighted by Crippen LogP contribution is 2.30. The van der Waals surface area contributed by atoms with Gasteiger partial charge in [0.25, 0.3) is 5.91 Å². The molecular weight excluding hydrogens is 543 g/mol. The van der Waals surface area contributed by atoms with Crippen LogP contribution in [0.2, 0.25) is 5.02 Å². The highest BCUT2D eigenvalue weighted by atomic mass is 127. The van der Waals surface area contributed by atoms with E-state index in [1.807, 2.05) is 39.0 Å². The molecule has 0 aliphatic carbocycles. The molecule has 2 aromatic rings. The van der Waals surface area contributed by atoms with E-state index >= 15 is 0 Å². The normalized spacial score (nSPS) is 11.7. The van der Waals surface area contributed by atoms with E-state index in [1.165, 1.54) is 0 Å². The molecule has 1 unspecified atom stereocenters. The van der Waals surface area contributed by atoms with Crippen LogP contribution in [0.1, 0.15) is 42.7 Å². The van der Waals surface area contributed by atoms with Crippen molar-refractivity contribution in [3.63, 3.8) is 0 Å². The second-order valence-electron chi connectivity index (χ2n) is 6.67. The lowest BCUT2D eigenvalue weighted by Crippen LogP contribution is -2.42. The topological polar surface area (TPSA) is 84.0 Å². The number of hydrogen-bond donors (Lipinski definition) is 3. The minimum atomic E-state index is -0.207. The predicted octanol–water partition coefficient (Wildman–Crippen LogP) is 4.41. The van der Waals surface area contributed by atoms with E-state index in [0.29, 0.717) is 42.8 Å². The van der Waals surface area contributed by atoms with Crippen LogP contribution in [-0.4, -0.2) is 45.2 Å². The molecule has 0 saturated heterocycles. The number of nitrogens with zero attached hydrogens (tertiary/aromatic N) is 1. The lowest BCUT2D eigenvalue weighted by Gasteiger charge is -2.20. The number of carbonyl (C=O) groups is 1. The molecule has 2 aromatic carbocycles. The van der Waals surface area contributed by atoms with Gasteiger partial charge in [-0.2, -0.15) is 0 Å². The fourth-order valence-electron chi connectivity index (χ4n) is 2.92. The number of amides is 1. The smallest absolute Gasteiger partial charge is 0.252 e. The maximum Gasteiger partial charge on any atom is 0.252 e. The van der Waals surface area contributed by atoms with Crippen molar-refractivity contribution in [2.24, 2.45) is 4.99 Å². The second kappa shape index (κ2) is 14.8. The quantitative estimate of drug-likeness (QED) is 0.169. The van der Waals surface area contributed by atoms with Crippen molar-refractivity contribution in [2.45, 2.75) is 26.8 Å². The van der Waals surface area contributed by atoms with Crippen LogP contribution >= 0.6 is 35.6 Å². The standard InChI is InChI=1S/C23H31ClN4O3.HI/c1-5-30-20-12-11-17(15-21(20)31-6-2)16(3)28-23(25-4)27-14-13-26-22(29)18-9-7-8-10-19(18)24;/h7-12,15-16H,5-6,13-14H2,1-4H3,(H,26,29)(H2,25,27,28);1H. The molecule has 3 N–H and O–H groups in total. The molecule has 0 aliphatic rings. The number of nitrogens with one attached hydrogen (secondary N) is 3. The molecule has 2 rings (SSSR count). The molecule has 0 fully saturated rings. The first-order valence-electron chi connectivity index (χ1n) is 10.4. The number of hydrogen-bond acceptors (Lipinski definition) is 4. The lowest BCUT2D eigenvalue weighted by molar-refractivity contribution is 0.0954. The van der Waals surface area contributed by atoms with E-state index < -0.39 is 0 Å². The third kappa shape index (κ3) is 8.38. The molecule has 0 radical (unpaired) electrons. The average Bonchev–Trinajstić information content (AvgIpc) is 2.77. The van der Waals surface area contributed by atoms with Gasteiger partial charge in [0.1, 0.15) is 0 Å². The zero-order chi connectivity index (χ0) is 22.6. The molecule has 176 valence electrons. The average molecular weight is 575 g/mol. The first-order chi connectivity index (χ1) is 15.0. The molecule has 0 saturated carbocycles. The predicted molar refractivity (Wildman–Crippen MR) is 141 cm³/mol. The Labute approximate surface area is 212 Å². The number of guanidine groups is 1. The molecule has 0 spiro atoms. The van der Waals surface area contributed by atoms with Crippen molar-refractivity contribution in [3.8, 4) is 11.5 Å². The Morgan fingerprint density at radius 3 is 2.34 bits per heavy atom. The first kappa shape index (κ1) is 27.8. The van der Waals surface area contributed by atoms with Crippen molar-refractivity contribution in [2.75, 3.05) is 33.4 Å². The summed E-state index contributed by atoms with van der Waals surface area (Å²) in [6.45, 7) is 8.01. The van der Waals surface area contributed by atoms with Gasteiger partial charge in [0.15, 0.2) is 17.5 Å². The fourth-order valence-corrected chi connectivity index (χ4v) is 3.14. The molecule has 32 heavy (non-hydrogen) atoms. The van der Waals surface area contributed by atoms with Crippen LogP contribution in [0.4, 0.5) is 0 Å². The zero-order valence-electron chi connectivity index (χ0n) is 18.9. The maximum absolute atomic E-state index is 12.2. The van der Waals surface area contributed by atoms with E-state index in [0.717, 1.165) is 17.1 Å². The van der Waals surface area contributed by atoms with Crippen LogP contribution in [-0.2, 0) is 0 Å². The van der Waals surface area contributed by atoms with Gasteiger partial charge >= 0.3 is 0 Å². The number of rotatable bonds is 10. The Kier molecular flexibility index (Phi) is 12.9. The molecule has 0 bridgehead atoms. The van der Waals surface area contributed by atoms with Crippen molar-refractivity contribution >= 4 is 47.4 Å². The molecule has 1 atom stereocenters. The van der Waals surface area contributed by atoms with Gasteiger partial charge in [0, 0.05) is 20.1 Å². The minimum absolute atomic E-state index is 0. The van der Waals surface area contributed by atoms with E-state index in [1.54, 1.807) is 31.3 Å². The summed E-state index contributed by atoms with van der Waals surface area (Å²) in [6.07, 6.45) is 0. The van der Waals surface area contributed by atoms with Crippen LogP contribution in [0, 0.1) is 0 Å². The summed E-state index contributed by atoms with van der Waals surface area (Å²) in [6, 6.07) is 12.8. The van der Waals surface area contributed by atoms with Gasteiger partial charge in [-0.1, -0.05) is 29.8 Å². The third-order valence-electron chi connectivity index (χ3n) is 4.47. The summed E-state index contributed by atoms with van der Waals surface area (Å²) in [5.41, 5.74) is 1.50. The Balaban J connectivity index is 0.00000512. The highest BCUT2D eigenvalue weighted by Gasteiger charge is 2.13. The van der Waals surface area contributed by atoms with Gasteiger partial charge in [0.05, 0.1) is 29.8 Å². The van der Waals surface area contributed by atoms with Gasteiger partial charge in [-0.05, 0) is 50.6 Å². The molecule has 7 nitrogen and oxygen atoms in total. The molecular formula is C23H32ClIN4O3. The highest BCUT2D eigenvalue weighted by molar-refractivity contribution is 14.0. The number of benzene rings is 2. The van der Waals surface area contributed by atoms with Crippen molar-refractivity contribution in [1.29, 1.82) is 0 Å². The monoisotopic (exact) mass is 574 g/mol. The number of halogens is 2. The van der Waals surface area contributed by atoms with Gasteiger partial charge in [-0.25, -0.2) is 0 Å². The van der Waals surface area contributed by atoms with Crippen molar-refractivity contribution in [1.82, 2.24) is 16.0 Å². The SMILES string of the molecule is CCOc1ccc(C(C)NC(=NC)NCCNC(=O)c2ccccc2Cl)cc1OCC.I. The summed E-state index contributed by atoms with van der Waals surface area (Å²) in [5, 5.41) is 9.82. The summed E-state index contributed by atoms with van der Waals surface area (Å²) >= 11 is 6.06. The van der Waals surface area contributed by atoms with Gasteiger partial charge in [0.2, 0.25) is 0 Å². The molecule has 9 heteroatoms. The fraction of sp³-hybridized carbons (Fsp3) is 0.391. The Morgan fingerprint density at radius 1 is 1.03 bits per heavy atom. The lowest BCUT2D eigenvalue weighted by atomic mass is 10.1. The number of ether oxygens (including phenoxy) is 2. The Bertz CT molecular complexity index is 895. The van der Waals surface area contributed by atoms with E-state index in [2.05, 4.69) is 20.9 Å². The summed E-state index contributed by atoms with van der Waals surface area (Å²) in [4.78, 5) is 16.5. The van der Waals surface area contributed by atoms with Crippen LogP contribution in [0.25, 0.3) is 0 Å². The van der Waals surface area contributed by atoms with Gasteiger partial charge in [-0.3, -0.25) is 9.79 Å². The van der Waals surface area contributed by atoms with Gasteiger partial charge < -0.3 is 25.4 Å². The second-order valence-corrected chi connectivity index (χ2v) is 7.08. The van der Waals surface area contributed by atoms with Crippen molar-refractivity contribution in [3.05, 3.63) is 58.6 Å². The van der Waals surface area contributed by atoms with E-state index in [9.17, 15) is 4.79 Å². The van der Waals surface area contributed by atoms with Crippen LogP contribution in [0.3, 0.4) is 0 Å². The Hall–Kier alpha value is -2.20. The van der Waals surface area contributed by atoms with E-state index in [-0.39, 0.29) is 35.9 Å². The Morgan fingerprint density at radius 2 is 1.69 bits per heavy atom. The summed E-state index contributed by atoms with van der Waals surface area (Å²) in [7, 11) is 1.70. The number of aliphatic imine (C=N–C) groups is 1. The molecule has 0 aromatic heterocycles. The molecule has 1 amide bonds.